The summed E-state index contributed by atoms with van der Waals surface area (Å²) >= 11 is 0. The standard InChI is InChI=1S/C17H20FNO7/c1-10(20)25-11(2)26-17(23)19-8-12(6-15(19)16(21)22)9-24-14-5-3-4-13(18)7-14/h3-5,7,11-12,15H,6,8-9H2,1-2H3,(H,21,22)/t11-,12-,15-/m0/s1. The van der Waals surface area contributed by atoms with Gasteiger partial charge in [0.1, 0.15) is 17.6 Å². The molecule has 1 aliphatic rings. The molecule has 1 fully saturated rings. The molecule has 0 aromatic heterocycles. The Balaban J connectivity index is 1.95. The summed E-state index contributed by atoms with van der Waals surface area (Å²) in [5.74, 6) is -2.18. The lowest BCUT2D eigenvalue weighted by Crippen LogP contribution is -2.42. The molecule has 1 saturated heterocycles. The van der Waals surface area contributed by atoms with Crippen molar-refractivity contribution in [1.29, 1.82) is 0 Å². The number of amides is 1. The third kappa shape index (κ3) is 5.33. The molecule has 1 aliphatic heterocycles. The Morgan fingerprint density at radius 2 is 2.08 bits per heavy atom. The van der Waals surface area contributed by atoms with Gasteiger partial charge in [-0.1, -0.05) is 6.07 Å². The Morgan fingerprint density at radius 1 is 1.35 bits per heavy atom. The fraction of sp³-hybridized carbons (Fsp3) is 0.471. The molecule has 142 valence electrons. The van der Waals surface area contributed by atoms with Gasteiger partial charge < -0.3 is 19.3 Å². The number of rotatable bonds is 6. The van der Waals surface area contributed by atoms with Crippen LogP contribution in [-0.2, 0) is 19.1 Å². The minimum Gasteiger partial charge on any atom is -0.493 e. The second-order valence-electron chi connectivity index (χ2n) is 5.94. The number of carbonyl (C=O) groups is 3. The molecule has 0 saturated carbocycles. The molecule has 3 atom stereocenters. The number of ether oxygens (including phenoxy) is 3. The highest BCUT2D eigenvalue weighted by molar-refractivity contribution is 5.81. The first-order valence-corrected chi connectivity index (χ1v) is 8.02. The first kappa shape index (κ1) is 19.5. The molecule has 0 aliphatic carbocycles. The Bertz CT molecular complexity index is 681. The molecule has 0 spiro atoms. The topological polar surface area (TPSA) is 102 Å². The molecule has 1 amide bonds. The minimum absolute atomic E-state index is 0.0951. The summed E-state index contributed by atoms with van der Waals surface area (Å²) in [6, 6.07) is 4.51. The monoisotopic (exact) mass is 369 g/mol. The summed E-state index contributed by atoms with van der Waals surface area (Å²) in [6.07, 6.45) is -1.85. The van der Waals surface area contributed by atoms with Gasteiger partial charge in [0.05, 0.1) is 6.61 Å². The van der Waals surface area contributed by atoms with Gasteiger partial charge in [0.25, 0.3) is 0 Å². The number of carboxylic acid groups (broad SMARTS) is 1. The predicted molar refractivity (Wildman–Crippen MR) is 85.8 cm³/mol. The van der Waals surface area contributed by atoms with Crippen LogP contribution >= 0.6 is 0 Å². The minimum atomic E-state index is -1.17. The molecule has 1 aromatic rings. The highest BCUT2D eigenvalue weighted by Gasteiger charge is 2.41. The first-order valence-electron chi connectivity index (χ1n) is 8.02. The zero-order valence-electron chi connectivity index (χ0n) is 14.4. The number of aliphatic carboxylic acids is 1. The third-order valence-corrected chi connectivity index (χ3v) is 3.79. The predicted octanol–water partition coefficient (Wildman–Crippen LogP) is 2.03. The normalized spacial score (nSPS) is 20.3. The number of benzene rings is 1. The SMILES string of the molecule is CC(=O)O[C@H](C)OC(=O)N1C[C@@H](COc2cccc(F)c2)C[C@H]1C(=O)O. The molecule has 1 aromatic carbocycles. The average Bonchev–Trinajstić information content (AvgIpc) is 2.97. The van der Waals surface area contributed by atoms with Gasteiger partial charge >= 0.3 is 18.0 Å². The molecule has 26 heavy (non-hydrogen) atoms. The summed E-state index contributed by atoms with van der Waals surface area (Å²) in [6.45, 7) is 2.74. The van der Waals surface area contributed by atoms with Gasteiger partial charge in [0.2, 0.25) is 6.29 Å². The number of esters is 1. The highest BCUT2D eigenvalue weighted by Crippen LogP contribution is 2.26. The van der Waals surface area contributed by atoms with Gasteiger partial charge in [-0.2, -0.15) is 0 Å². The largest absolute Gasteiger partial charge is 0.493 e. The lowest BCUT2D eigenvalue weighted by molar-refractivity contribution is -0.164. The van der Waals surface area contributed by atoms with E-state index in [0.29, 0.717) is 5.75 Å². The molecule has 0 bridgehead atoms. The quantitative estimate of drug-likeness (QED) is 0.604. The van der Waals surface area contributed by atoms with Gasteiger partial charge in [-0.25, -0.2) is 14.0 Å². The van der Waals surface area contributed by atoms with Crippen LogP contribution in [-0.4, -0.2) is 53.5 Å². The van der Waals surface area contributed by atoms with Crippen LogP contribution in [0.5, 0.6) is 5.75 Å². The second-order valence-corrected chi connectivity index (χ2v) is 5.94. The Hall–Kier alpha value is -2.84. The van der Waals surface area contributed by atoms with E-state index >= 15 is 0 Å². The van der Waals surface area contributed by atoms with E-state index < -0.39 is 36.2 Å². The number of halogens is 1. The van der Waals surface area contributed by atoms with Crippen LogP contribution in [0.25, 0.3) is 0 Å². The fourth-order valence-corrected chi connectivity index (χ4v) is 2.72. The van der Waals surface area contributed by atoms with E-state index in [2.05, 4.69) is 0 Å². The lowest BCUT2D eigenvalue weighted by Gasteiger charge is -2.23. The summed E-state index contributed by atoms with van der Waals surface area (Å²) in [4.78, 5) is 35.5. The van der Waals surface area contributed by atoms with Crippen molar-refractivity contribution >= 4 is 18.0 Å². The summed E-state index contributed by atoms with van der Waals surface area (Å²) in [5.41, 5.74) is 0. The van der Waals surface area contributed by atoms with Crippen LogP contribution in [0, 0.1) is 11.7 Å². The van der Waals surface area contributed by atoms with E-state index in [0.717, 1.165) is 4.90 Å². The van der Waals surface area contributed by atoms with E-state index in [4.69, 9.17) is 14.2 Å². The van der Waals surface area contributed by atoms with Crippen LogP contribution < -0.4 is 4.74 Å². The van der Waals surface area contributed by atoms with Crippen molar-refractivity contribution in [2.75, 3.05) is 13.2 Å². The maximum Gasteiger partial charge on any atom is 0.413 e. The number of hydrogen-bond donors (Lipinski definition) is 1. The highest BCUT2D eigenvalue weighted by atomic mass is 19.1. The Kier molecular flexibility index (Phi) is 6.37. The van der Waals surface area contributed by atoms with E-state index in [9.17, 15) is 23.9 Å². The Morgan fingerprint density at radius 3 is 2.69 bits per heavy atom. The van der Waals surface area contributed by atoms with Crippen molar-refractivity contribution < 1.29 is 38.1 Å². The van der Waals surface area contributed by atoms with Crippen molar-refractivity contribution in [3.05, 3.63) is 30.1 Å². The average molecular weight is 369 g/mol. The fourth-order valence-electron chi connectivity index (χ4n) is 2.72. The second kappa shape index (κ2) is 8.50. The molecule has 0 unspecified atom stereocenters. The van der Waals surface area contributed by atoms with Crippen LogP contribution in [0.3, 0.4) is 0 Å². The zero-order chi connectivity index (χ0) is 19.3. The van der Waals surface area contributed by atoms with Crippen molar-refractivity contribution in [2.45, 2.75) is 32.6 Å². The summed E-state index contributed by atoms with van der Waals surface area (Å²) in [7, 11) is 0. The molecule has 9 heteroatoms. The van der Waals surface area contributed by atoms with E-state index in [1.807, 2.05) is 0 Å². The van der Waals surface area contributed by atoms with Gasteiger partial charge in [0.15, 0.2) is 0 Å². The van der Waals surface area contributed by atoms with Crippen molar-refractivity contribution in [3.63, 3.8) is 0 Å². The Labute approximate surface area is 149 Å². The van der Waals surface area contributed by atoms with Crippen molar-refractivity contribution in [1.82, 2.24) is 4.90 Å². The molecule has 1 heterocycles. The molecular formula is C17H20FNO7. The molecule has 8 nitrogen and oxygen atoms in total. The summed E-state index contributed by atoms with van der Waals surface area (Å²) < 4.78 is 28.3. The molecule has 1 N–H and O–H groups in total. The van der Waals surface area contributed by atoms with Crippen LogP contribution in [0.4, 0.5) is 9.18 Å². The number of carbonyl (C=O) groups excluding carboxylic acids is 2. The van der Waals surface area contributed by atoms with Gasteiger partial charge in [-0.15, -0.1) is 0 Å². The maximum atomic E-state index is 13.2. The number of hydrogen-bond acceptors (Lipinski definition) is 6. The maximum absolute atomic E-state index is 13.2. The van der Waals surface area contributed by atoms with Crippen LogP contribution in [0.1, 0.15) is 20.3 Å². The molecule has 0 radical (unpaired) electrons. The van der Waals surface area contributed by atoms with Crippen LogP contribution in [0.15, 0.2) is 24.3 Å². The van der Waals surface area contributed by atoms with E-state index in [-0.39, 0.29) is 25.5 Å². The smallest absolute Gasteiger partial charge is 0.413 e. The number of nitrogens with zero attached hydrogens (tertiary/aromatic N) is 1. The number of carboxylic acids is 1. The molecule has 2 rings (SSSR count). The van der Waals surface area contributed by atoms with Gasteiger partial charge in [-0.05, 0) is 18.6 Å². The van der Waals surface area contributed by atoms with Gasteiger partial charge in [0, 0.05) is 32.4 Å². The third-order valence-electron chi connectivity index (χ3n) is 3.79. The first-order chi connectivity index (χ1) is 12.3. The van der Waals surface area contributed by atoms with E-state index in [1.54, 1.807) is 6.07 Å². The molecular weight excluding hydrogens is 349 g/mol. The van der Waals surface area contributed by atoms with Gasteiger partial charge in [-0.3, -0.25) is 9.69 Å². The van der Waals surface area contributed by atoms with Crippen molar-refractivity contribution in [2.24, 2.45) is 5.92 Å². The van der Waals surface area contributed by atoms with Crippen molar-refractivity contribution in [3.8, 4) is 5.75 Å². The zero-order valence-corrected chi connectivity index (χ0v) is 14.4. The van der Waals surface area contributed by atoms with Crippen LogP contribution in [0.2, 0.25) is 0 Å². The number of likely N-dealkylation sites (tertiary alicyclic amines) is 1. The lowest BCUT2D eigenvalue weighted by atomic mass is 10.1. The summed E-state index contributed by atoms with van der Waals surface area (Å²) in [5, 5.41) is 9.33. The van der Waals surface area contributed by atoms with E-state index in [1.165, 1.54) is 32.0 Å².